The van der Waals surface area contributed by atoms with E-state index in [1.54, 1.807) is 0 Å². The molecule has 16 heavy (non-hydrogen) atoms. The Bertz CT molecular complexity index is 270. The van der Waals surface area contributed by atoms with Crippen molar-refractivity contribution >= 4 is 5.97 Å². The minimum atomic E-state index is -0.329. The molecule has 2 nitrogen and oxygen atoms in total. The number of methoxy groups -OCH3 is 1. The van der Waals surface area contributed by atoms with E-state index in [2.05, 4.69) is 27.4 Å². The van der Waals surface area contributed by atoms with Gasteiger partial charge in [0.1, 0.15) is 0 Å². The molecular weight excluding hydrogens is 200 g/mol. The van der Waals surface area contributed by atoms with Crippen LogP contribution in [0, 0.1) is 23.2 Å². The smallest absolute Gasteiger partial charge is 0.312 e. The maximum absolute atomic E-state index is 12.2. The molecule has 0 N–H and O–H groups in total. The highest BCUT2D eigenvalue weighted by Crippen LogP contribution is 2.53. The Kier molecular flexibility index (Phi) is 4.17. The normalized spacial score (nSPS) is 34.1. The van der Waals surface area contributed by atoms with Crippen molar-refractivity contribution in [3.8, 4) is 0 Å². The number of hydrogen-bond donors (Lipinski definition) is 0. The highest BCUT2D eigenvalue weighted by atomic mass is 16.5. The molecule has 92 valence electrons. The van der Waals surface area contributed by atoms with Gasteiger partial charge in [-0.05, 0) is 37.0 Å². The van der Waals surface area contributed by atoms with Crippen LogP contribution in [0.4, 0.5) is 0 Å². The fraction of sp³-hybridized carbons (Fsp3) is 0.786. The lowest BCUT2D eigenvalue weighted by atomic mass is 9.66. The molecule has 0 bridgehead atoms. The van der Waals surface area contributed by atoms with Crippen molar-refractivity contribution in [3.05, 3.63) is 12.7 Å². The SMILES string of the molecule is C=CC[C@@]1(C(=O)OC)[C@H](C)CC[C@@H]1C(C)C. The topological polar surface area (TPSA) is 26.3 Å². The number of allylic oxidation sites excluding steroid dienone is 1. The number of rotatable bonds is 4. The van der Waals surface area contributed by atoms with Gasteiger partial charge in [0.05, 0.1) is 12.5 Å². The summed E-state index contributed by atoms with van der Waals surface area (Å²) in [5.74, 6) is 1.29. The molecule has 0 radical (unpaired) electrons. The Morgan fingerprint density at radius 3 is 2.62 bits per heavy atom. The van der Waals surface area contributed by atoms with Crippen LogP contribution in [0.3, 0.4) is 0 Å². The van der Waals surface area contributed by atoms with Crippen molar-refractivity contribution in [3.63, 3.8) is 0 Å². The van der Waals surface area contributed by atoms with Crippen LogP contribution in [0.2, 0.25) is 0 Å². The molecule has 0 unspecified atom stereocenters. The molecule has 0 aromatic heterocycles. The minimum Gasteiger partial charge on any atom is -0.469 e. The maximum Gasteiger partial charge on any atom is 0.312 e. The molecule has 0 saturated heterocycles. The summed E-state index contributed by atoms with van der Waals surface area (Å²) >= 11 is 0. The third-order valence-corrected chi connectivity index (χ3v) is 4.30. The van der Waals surface area contributed by atoms with Crippen molar-refractivity contribution < 1.29 is 9.53 Å². The lowest BCUT2D eigenvalue weighted by Crippen LogP contribution is -2.42. The molecule has 1 aliphatic carbocycles. The van der Waals surface area contributed by atoms with Gasteiger partial charge in [0, 0.05) is 0 Å². The number of ether oxygens (including phenoxy) is 1. The molecule has 0 aromatic carbocycles. The molecule has 2 heteroatoms. The van der Waals surface area contributed by atoms with Gasteiger partial charge in [-0.3, -0.25) is 4.79 Å². The Morgan fingerprint density at radius 2 is 2.19 bits per heavy atom. The van der Waals surface area contributed by atoms with E-state index < -0.39 is 0 Å². The summed E-state index contributed by atoms with van der Waals surface area (Å²) in [7, 11) is 1.50. The molecule has 0 aromatic rings. The average molecular weight is 224 g/mol. The van der Waals surface area contributed by atoms with Crippen LogP contribution in [0.1, 0.15) is 40.0 Å². The Balaban J connectivity index is 3.11. The van der Waals surface area contributed by atoms with E-state index in [4.69, 9.17) is 4.74 Å². The van der Waals surface area contributed by atoms with E-state index in [-0.39, 0.29) is 11.4 Å². The molecular formula is C14H24O2. The number of carbonyl (C=O) groups excluding carboxylic acids is 1. The van der Waals surface area contributed by atoms with Gasteiger partial charge in [-0.15, -0.1) is 6.58 Å². The van der Waals surface area contributed by atoms with Gasteiger partial charge in [0.2, 0.25) is 0 Å². The summed E-state index contributed by atoms with van der Waals surface area (Å²) < 4.78 is 5.05. The third-order valence-electron chi connectivity index (χ3n) is 4.30. The molecule has 1 aliphatic rings. The fourth-order valence-electron chi connectivity index (χ4n) is 3.46. The zero-order chi connectivity index (χ0) is 12.3. The van der Waals surface area contributed by atoms with E-state index in [0.29, 0.717) is 17.8 Å². The molecule has 0 aliphatic heterocycles. The predicted molar refractivity (Wildman–Crippen MR) is 66.0 cm³/mol. The van der Waals surface area contributed by atoms with Crippen molar-refractivity contribution in [2.24, 2.45) is 23.2 Å². The zero-order valence-corrected chi connectivity index (χ0v) is 11.0. The molecule has 0 spiro atoms. The molecule has 1 saturated carbocycles. The summed E-state index contributed by atoms with van der Waals surface area (Å²) in [5, 5.41) is 0. The monoisotopic (exact) mass is 224 g/mol. The molecule has 1 rings (SSSR count). The van der Waals surface area contributed by atoms with Crippen molar-refractivity contribution in [1.82, 2.24) is 0 Å². The van der Waals surface area contributed by atoms with E-state index >= 15 is 0 Å². The van der Waals surface area contributed by atoms with Gasteiger partial charge in [-0.2, -0.15) is 0 Å². The van der Waals surface area contributed by atoms with Crippen LogP contribution in [-0.4, -0.2) is 13.1 Å². The van der Waals surface area contributed by atoms with Crippen molar-refractivity contribution in [1.29, 1.82) is 0 Å². The first kappa shape index (κ1) is 13.3. The van der Waals surface area contributed by atoms with E-state index in [1.165, 1.54) is 7.11 Å². The van der Waals surface area contributed by atoms with Gasteiger partial charge in [-0.25, -0.2) is 0 Å². The largest absolute Gasteiger partial charge is 0.469 e. The summed E-state index contributed by atoms with van der Waals surface area (Å²) in [5.41, 5.74) is -0.329. The maximum atomic E-state index is 12.2. The lowest BCUT2D eigenvalue weighted by molar-refractivity contribution is -0.159. The number of hydrogen-bond acceptors (Lipinski definition) is 2. The van der Waals surface area contributed by atoms with E-state index in [9.17, 15) is 4.79 Å². The van der Waals surface area contributed by atoms with Crippen LogP contribution in [0.5, 0.6) is 0 Å². The van der Waals surface area contributed by atoms with Crippen LogP contribution >= 0.6 is 0 Å². The summed E-state index contributed by atoms with van der Waals surface area (Å²) in [6.07, 6.45) is 4.85. The van der Waals surface area contributed by atoms with Gasteiger partial charge < -0.3 is 4.74 Å². The zero-order valence-electron chi connectivity index (χ0n) is 11.0. The van der Waals surface area contributed by atoms with E-state index in [1.807, 2.05) is 6.08 Å². The Morgan fingerprint density at radius 1 is 1.56 bits per heavy atom. The molecule has 3 atom stereocenters. The number of esters is 1. The average Bonchev–Trinajstić information content (AvgIpc) is 2.57. The van der Waals surface area contributed by atoms with Gasteiger partial charge >= 0.3 is 5.97 Å². The second kappa shape index (κ2) is 5.03. The summed E-state index contributed by atoms with van der Waals surface area (Å²) in [6.45, 7) is 10.4. The van der Waals surface area contributed by atoms with Crippen LogP contribution in [0.25, 0.3) is 0 Å². The minimum absolute atomic E-state index is 0.0453. The summed E-state index contributed by atoms with van der Waals surface area (Å²) in [4.78, 5) is 12.2. The first-order valence-electron chi connectivity index (χ1n) is 6.20. The van der Waals surface area contributed by atoms with Crippen LogP contribution in [-0.2, 0) is 9.53 Å². The Hall–Kier alpha value is -0.790. The molecule has 0 amide bonds. The highest BCUT2D eigenvalue weighted by Gasteiger charge is 2.54. The quantitative estimate of drug-likeness (QED) is 0.540. The van der Waals surface area contributed by atoms with Crippen LogP contribution < -0.4 is 0 Å². The van der Waals surface area contributed by atoms with Crippen molar-refractivity contribution in [2.45, 2.75) is 40.0 Å². The fourth-order valence-corrected chi connectivity index (χ4v) is 3.46. The second-order valence-electron chi connectivity index (χ2n) is 5.35. The van der Waals surface area contributed by atoms with E-state index in [0.717, 1.165) is 19.3 Å². The van der Waals surface area contributed by atoms with Gasteiger partial charge in [0.25, 0.3) is 0 Å². The Labute approximate surface area is 99.1 Å². The third kappa shape index (κ3) is 1.90. The highest BCUT2D eigenvalue weighted by molar-refractivity contribution is 5.78. The predicted octanol–water partition coefficient (Wildman–Crippen LogP) is 3.42. The standard InChI is InChI=1S/C14H24O2/c1-6-9-14(13(15)16-5)11(4)7-8-12(14)10(2)3/h6,10-12H,1,7-9H2,2-5H3/t11-,12-,14-/m1/s1. The number of carbonyl (C=O) groups is 1. The van der Waals surface area contributed by atoms with Crippen LogP contribution in [0.15, 0.2) is 12.7 Å². The second-order valence-corrected chi connectivity index (χ2v) is 5.35. The first-order valence-corrected chi connectivity index (χ1v) is 6.20. The first-order chi connectivity index (χ1) is 7.50. The van der Waals surface area contributed by atoms with Gasteiger partial charge in [0.15, 0.2) is 0 Å². The molecule has 0 heterocycles. The molecule has 1 fully saturated rings. The lowest BCUT2D eigenvalue weighted by Gasteiger charge is -2.37. The summed E-state index contributed by atoms with van der Waals surface area (Å²) in [6, 6.07) is 0. The van der Waals surface area contributed by atoms with Crippen molar-refractivity contribution in [2.75, 3.05) is 7.11 Å². The van der Waals surface area contributed by atoms with Gasteiger partial charge in [-0.1, -0.05) is 26.8 Å².